The number of hydrogen-bond donors (Lipinski definition) is 4. The number of ketones is 1. The van der Waals surface area contributed by atoms with Crippen molar-refractivity contribution in [2.45, 2.75) is 0 Å². The van der Waals surface area contributed by atoms with Gasteiger partial charge in [0, 0.05) is 22.5 Å². The first-order valence-corrected chi connectivity index (χ1v) is 5.96. The fraction of sp³-hybridized carbons (Fsp3) is 0. The van der Waals surface area contributed by atoms with Crippen molar-refractivity contribution in [3.05, 3.63) is 58.0 Å². The van der Waals surface area contributed by atoms with Crippen LogP contribution >= 0.6 is 0 Å². The molecule has 0 saturated carbocycles. The van der Waals surface area contributed by atoms with Crippen molar-refractivity contribution >= 4 is 28.2 Å². The normalized spacial score (nSPS) is 10.8. The van der Waals surface area contributed by atoms with E-state index in [0.717, 1.165) is 0 Å². The number of fused-ring (bicyclic) bond motifs is 1. The van der Waals surface area contributed by atoms with E-state index in [1.54, 1.807) is 36.4 Å². The molecule has 0 radical (unpaired) electrons. The quantitative estimate of drug-likeness (QED) is 0.413. The van der Waals surface area contributed by atoms with Crippen LogP contribution in [0.2, 0.25) is 0 Å². The Morgan fingerprint density at radius 1 is 0.950 bits per heavy atom. The standard InChI is InChI=1S/C14H12N4O2/c15-8-2-3-9(10(16)6-8)13(19)7-1-4-11-12(5-7)18-14(20)17-11/h1-6H,15-16H2,(H2,17,18,20). The summed E-state index contributed by atoms with van der Waals surface area (Å²) in [6, 6.07) is 9.70. The Kier molecular flexibility index (Phi) is 2.57. The van der Waals surface area contributed by atoms with E-state index in [1.165, 1.54) is 0 Å². The van der Waals surface area contributed by atoms with Crippen molar-refractivity contribution in [3.63, 3.8) is 0 Å². The number of benzene rings is 2. The number of H-pyrrole nitrogens is 2. The number of aromatic nitrogens is 2. The number of nitrogen functional groups attached to an aromatic ring is 2. The molecule has 0 amide bonds. The van der Waals surface area contributed by atoms with Crippen LogP contribution in [-0.4, -0.2) is 15.8 Å². The molecule has 0 aliphatic rings. The van der Waals surface area contributed by atoms with Crippen molar-refractivity contribution in [1.29, 1.82) is 0 Å². The van der Waals surface area contributed by atoms with Crippen molar-refractivity contribution < 1.29 is 4.79 Å². The molecule has 0 fully saturated rings. The minimum Gasteiger partial charge on any atom is -0.399 e. The summed E-state index contributed by atoms with van der Waals surface area (Å²) in [6.07, 6.45) is 0. The Morgan fingerprint density at radius 3 is 2.45 bits per heavy atom. The molecule has 0 atom stereocenters. The third-order valence-electron chi connectivity index (χ3n) is 3.10. The molecule has 6 N–H and O–H groups in total. The molecular weight excluding hydrogens is 256 g/mol. The van der Waals surface area contributed by atoms with E-state index in [-0.39, 0.29) is 11.5 Å². The van der Waals surface area contributed by atoms with E-state index < -0.39 is 0 Å². The van der Waals surface area contributed by atoms with Gasteiger partial charge in [-0.25, -0.2) is 4.79 Å². The zero-order valence-electron chi connectivity index (χ0n) is 10.4. The summed E-state index contributed by atoms with van der Waals surface area (Å²) >= 11 is 0. The van der Waals surface area contributed by atoms with Crippen LogP contribution in [0, 0.1) is 0 Å². The molecule has 0 saturated heterocycles. The lowest BCUT2D eigenvalue weighted by molar-refractivity contribution is 0.103. The largest absolute Gasteiger partial charge is 0.399 e. The molecule has 1 heterocycles. The predicted octanol–water partition coefficient (Wildman–Crippen LogP) is 1.25. The van der Waals surface area contributed by atoms with Crippen LogP contribution in [0.5, 0.6) is 0 Å². The Balaban J connectivity index is 2.09. The molecule has 6 nitrogen and oxygen atoms in total. The molecule has 3 aromatic rings. The molecule has 0 aliphatic heterocycles. The Hall–Kier alpha value is -3.02. The van der Waals surface area contributed by atoms with E-state index in [1.807, 2.05) is 0 Å². The topological polar surface area (TPSA) is 118 Å². The number of carbonyl (C=O) groups excluding carboxylic acids is 1. The van der Waals surface area contributed by atoms with Crippen LogP contribution < -0.4 is 17.2 Å². The van der Waals surface area contributed by atoms with E-state index in [4.69, 9.17) is 11.5 Å². The highest BCUT2D eigenvalue weighted by Crippen LogP contribution is 2.20. The van der Waals surface area contributed by atoms with Crippen molar-refractivity contribution in [1.82, 2.24) is 9.97 Å². The van der Waals surface area contributed by atoms with Crippen molar-refractivity contribution in [3.8, 4) is 0 Å². The molecule has 20 heavy (non-hydrogen) atoms. The number of nitrogens with two attached hydrogens (primary N) is 2. The Bertz CT molecular complexity index is 876. The average molecular weight is 268 g/mol. The van der Waals surface area contributed by atoms with Gasteiger partial charge in [-0.15, -0.1) is 0 Å². The second-order valence-corrected chi connectivity index (χ2v) is 4.52. The molecule has 100 valence electrons. The summed E-state index contributed by atoms with van der Waals surface area (Å²) in [4.78, 5) is 28.8. The zero-order valence-corrected chi connectivity index (χ0v) is 10.4. The molecule has 0 aliphatic carbocycles. The number of nitrogens with one attached hydrogen (secondary N) is 2. The maximum atomic E-state index is 12.4. The number of anilines is 2. The van der Waals surface area contributed by atoms with Gasteiger partial charge in [0.2, 0.25) is 0 Å². The van der Waals surface area contributed by atoms with E-state index in [2.05, 4.69) is 9.97 Å². The number of rotatable bonds is 2. The SMILES string of the molecule is Nc1ccc(C(=O)c2ccc3[nH]c(=O)[nH]c3c2)c(N)c1. The van der Waals surface area contributed by atoms with E-state index >= 15 is 0 Å². The van der Waals surface area contributed by atoms with E-state index in [9.17, 15) is 9.59 Å². The number of imidazole rings is 1. The van der Waals surface area contributed by atoms with Crippen LogP contribution in [0.3, 0.4) is 0 Å². The van der Waals surface area contributed by atoms with Gasteiger partial charge in [0.15, 0.2) is 5.78 Å². The van der Waals surface area contributed by atoms with Gasteiger partial charge in [-0.2, -0.15) is 0 Å². The van der Waals surface area contributed by atoms with Gasteiger partial charge < -0.3 is 21.4 Å². The van der Waals surface area contributed by atoms with Crippen LogP contribution in [0.15, 0.2) is 41.2 Å². The average Bonchev–Trinajstić information content (AvgIpc) is 2.77. The first-order chi connectivity index (χ1) is 9.54. The fourth-order valence-electron chi connectivity index (χ4n) is 2.12. The van der Waals surface area contributed by atoms with Crippen LogP contribution in [0.25, 0.3) is 11.0 Å². The predicted molar refractivity (Wildman–Crippen MR) is 77.6 cm³/mol. The first-order valence-electron chi connectivity index (χ1n) is 5.96. The summed E-state index contributed by atoms with van der Waals surface area (Å²) in [5.74, 6) is -0.216. The number of hydrogen-bond acceptors (Lipinski definition) is 4. The lowest BCUT2D eigenvalue weighted by Crippen LogP contribution is -2.06. The lowest BCUT2D eigenvalue weighted by Gasteiger charge is -2.06. The van der Waals surface area contributed by atoms with Crippen LogP contribution in [0.4, 0.5) is 11.4 Å². The summed E-state index contributed by atoms with van der Waals surface area (Å²) in [5, 5.41) is 0. The monoisotopic (exact) mass is 268 g/mol. The molecule has 0 bridgehead atoms. The van der Waals surface area contributed by atoms with Crippen molar-refractivity contribution in [2.75, 3.05) is 11.5 Å². The van der Waals surface area contributed by atoms with Crippen LogP contribution in [0.1, 0.15) is 15.9 Å². The molecule has 6 heteroatoms. The summed E-state index contributed by atoms with van der Waals surface area (Å²) in [7, 11) is 0. The maximum absolute atomic E-state index is 12.4. The third-order valence-corrected chi connectivity index (χ3v) is 3.10. The number of aromatic amines is 2. The summed E-state index contributed by atoms with van der Waals surface area (Å²) in [6.45, 7) is 0. The number of carbonyl (C=O) groups is 1. The Labute approximate surface area is 113 Å². The second kappa shape index (κ2) is 4.27. The highest BCUT2D eigenvalue weighted by molar-refractivity contribution is 6.13. The third kappa shape index (κ3) is 1.93. The Morgan fingerprint density at radius 2 is 1.70 bits per heavy atom. The minimum absolute atomic E-state index is 0.216. The fourth-order valence-corrected chi connectivity index (χ4v) is 2.12. The molecule has 0 unspecified atom stereocenters. The highest BCUT2D eigenvalue weighted by atomic mass is 16.1. The smallest absolute Gasteiger partial charge is 0.323 e. The van der Waals surface area contributed by atoms with Gasteiger partial charge >= 0.3 is 5.69 Å². The van der Waals surface area contributed by atoms with Gasteiger partial charge in [-0.3, -0.25) is 4.79 Å². The first kappa shape index (κ1) is 12.0. The highest BCUT2D eigenvalue weighted by Gasteiger charge is 2.13. The zero-order chi connectivity index (χ0) is 14.3. The second-order valence-electron chi connectivity index (χ2n) is 4.52. The maximum Gasteiger partial charge on any atom is 0.323 e. The van der Waals surface area contributed by atoms with Crippen LogP contribution in [-0.2, 0) is 0 Å². The minimum atomic E-state index is -0.309. The molecule has 2 aromatic carbocycles. The molecule has 0 spiro atoms. The summed E-state index contributed by atoms with van der Waals surface area (Å²) < 4.78 is 0. The van der Waals surface area contributed by atoms with Gasteiger partial charge in [-0.05, 0) is 36.4 Å². The van der Waals surface area contributed by atoms with Crippen molar-refractivity contribution in [2.24, 2.45) is 0 Å². The van der Waals surface area contributed by atoms with E-state index in [0.29, 0.717) is 33.5 Å². The summed E-state index contributed by atoms with van der Waals surface area (Å²) in [5.41, 5.74) is 14.0. The molecule has 3 rings (SSSR count). The molecular formula is C14H12N4O2. The van der Waals surface area contributed by atoms with Gasteiger partial charge in [-0.1, -0.05) is 0 Å². The lowest BCUT2D eigenvalue weighted by atomic mass is 10.0. The van der Waals surface area contributed by atoms with Gasteiger partial charge in [0.1, 0.15) is 0 Å². The van der Waals surface area contributed by atoms with Gasteiger partial charge in [0.25, 0.3) is 0 Å². The van der Waals surface area contributed by atoms with Gasteiger partial charge in [0.05, 0.1) is 11.0 Å². The molecule has 1 aromatic heterocycles.